The Labute approximate surface area is 234 Å². The lowest BCUT2D eigenvalue weighted by Gasteiger charge is -2.32. The molecule has 2 amide bonds. The van der Waals surface area contributed by atoms with Crippen LogP contribution in [-0.4, -0.2) is 58.5 Å². The third-order valence-electron chi connectivity index (χ3n) is 6.05. The van der Waals surface area contributed by atoms with Gasteiger partial charge in [0.05, 0.1) is 24.8 Å². The minimum Gasteiger partial charge on any atom is -0.493 e. The predicted molar refractivity (Wildman–Crippen MR) is 151 cm³/mol. The van der Waals surface area contributed by atoms with E-state index in [0.29, 0.717) is 17.3 Å². The zero-order chi connectivity index (χ0) is 28.6. The molecule has 0 aliphatic carbocycles. The number of hydrogen-bond acceptors (Lipinski definition) is 6. The fraction of sp³-hybridized carbons (Fsp3) is 0.286. The predicted octanol–water partition coefficient (Wildman–Crippen LogP) is 4.11. The molecule has 3 aromatic rings. The smallest absolute Gasteiger partial charge is 0.264 e. The highest BCUT2D eigenvalue weighted by molar-refractivity contribution is 7.92. The number of nitrogens with one attached hydrogen (secondary N) is 1. The molecule has 0 radical (unpaired) electrons. The number of amides is 2. The van der Waals surface area contributed by atoms with Crippen molar-refractivity contribution in [3.63, 3.8) is 0 Å². The van der Waals surface area contributed by atoms with Crippen LogP contribution in [0.1, 0.15) is 19.4 Å². The quantitative estimate of drug-likeness (QED) is 0.350. The van der Waals surface area contributed by atoms with Gasteiger partial charge in [-0.2, -0.15) is 0 Å². The van der Waals surface area contributed by atoms with Crippen LogP contribution < -0.4 is 19.1 Å². The Morgan fingerprint density at radius 1 is 0.949 bits per heavy atom. The topological polar surface area (TPSA) is 105 Å². The molecule has 1 atom stereocenters. The van der Waals surface area contributed by atoms with Gasteiger partial charge in [-0.25, -0.2) is 8.42 Å². The van der Waals surface area contributed by atoms with Crippen molar-refractivity contribution in [1.29, 1.82) is 0 Å². The normalized spacial score (nSPS) is 11.8. The first kappa shape index (κ1) is 29.8. The van der Waals surface area contributed by atoms with E-state index in [9.17, 15) is 18.0 Å². The number of sulfonamides is 1. The van der Waals surface area contributed by atoms with Crippen LogP contribution in [0.15, 0.2) is 77.7 Å². The maximum atomic E-state index is 13.9. The van der Waals surface area contributed by atoms with Gasteiger partial charge in [-0.15, -0.1) is 0 Å². The van der Waals surface area contributed by atoms with E-state index in [1.54, 1.807) is 68.4 Å². The van der Waals surface area contributed by atoms with Crippen LogP contribution in [0.25, 0.3) is 0 Å². The molecule has 11 heteroatoms. The molecule has 0 bridgehead atoms. The molecule has 0 fully saturated rings. The third kappa shape index (κ3) is 7.21. The Kier molecular flexibility index (Phi) is 10.2. The number of benzene rings is 3. The van der Waals surface area contributed by atoms with E-state index >= 15 is 0 Å². The number of ether oxygens (including phenoxy) is 2. The van der Waals surface area contributed by atoms with Crippen LogP contribution in [0, 0.1) is 0 Å². The first-order valence-electron chi connectivity index (χ1n) is 12.2. The van der Waals surface area contributed by atoms with Crippen molar-refractivity contribution in [3.05, 3.63) is 83.4 Å². The Morgan fingerprint density at radius 2 is 1.59 bits per heavy atom. The van der Waals surface area contributed by atoms with Crippen LogP contribution in [0.3, 0.4) is 0 Å². The van der Waals surface area contributed by atoms with Crippen LogP contribution in [-0.2, 0) is 26.2 Å². The molecule has 0 saturated heterocycles. The van der Waals surface area contributed by atoms with E-state index in [-0.39, 0.29) is 28.8 Å². The monoisotopic (exact) mass is 573 g/mol. The molecule has 208 valence electrons. The number of hydrogen-bond donors (Lipinski definition) is 1. The van der Waals surface area contributed by atoms with Crippen molar-refractivity contribution in [2.75, 3.05) is 31.6 Å². The van der Waals surface area contributed by atoms with Gasteiger partial charge in [0.1, 0.15) is 12.6 Å². The van der Waals surface area contributed by atoms with Gasteiger partial charge in [0.15, 0.2) is 11.5 Å². The number of anilines is 1. The molecule has 39 heavy (non-hydrogen) atoms. The highest BCUT2D eigenvalue weighted by Gasteiger charge is 2.32. The van der Waals surface area contributed by atoms with E-state index in [1.807, 2.05) is 0 Å². The molecule has 0 heterocycles. The molecule has 0 aliphatic heterocycles. The van der Waals surface area contributed by atoms with E-state index < -0.39 is 28.5 Å². The number of likely N-dealkylation sites (N-methyl/N-ethyl adjacent to an activating group) is 1. The summed E-state index contributed by atoms with van der Waals surface area (Å²) >= 11 is 6.02. The van der Waals surface area contributed by atoms with Crippen molar-refractivity contribution in [2.45, 2.75) is 31.3 Å². The molecular weight excluding hydrogens is 542 g/mol. The minimum atomic E-state index is -4.24. The van der Waals surface area contributed by atoms with Crippen LogP contribution in [0.2, 0.25) is 5.02 Å². The summed E-state index contributed by atoms with van der Waals surface area (Å²) in [6.07, 6.45) is 0. The van der Waals surface area contributed by atoms with E-state index in [0.717, 1.165) is 9.87 Å². The molecule has 0 aromatic heterocycles. The number of nitrogens with zero attached hydrogens (tertiary/aromatic N) is 2. The van der Waals surface area contributed by atoms with Crippen molar-refractivity contribution < 1.29 is 27.5 Å². The number of carbonyl (C=O) groups is 2. The van der Waals surface area contributed by atoms with Crippen molar-refractivity contribution in [2.24, 2.45) is 0 Å². The summed E-state index contributed by atoms with van der Waals surface area (Å²) < 4.78 is 39.4. The SMILES string of the molecule is CCNC(=O)C(C)N(Cc1ccc(Cl)cc1)C(=O)CN(c1ccccc1)S(=O)(=O)c1ccc(OC)c(OC)c1. The maximum absolute atomic E-state index is 13.9. The Bertz CT molecular complexity index is 1380. The average Bonchev–Trinajstić information content (AvgIpc) is 2.95. The van der Waals surface area contributed by atoms with E-state index in [1.165, 1.54) is 37.3 Å². The van der Waals surface area contributed by atoms with Gasteiger partial charge in [0.25, 0.3) is 10.0 Å². The molecule has 1 unspecified atom stereocenters. The number of halogens is 1. The maximum Gasteiger partial charge on any atom is 0.264 e. The van der Waals surface area contributed by atoms with Crippen LogP contribution in [0.5, 0.6) is 11.5 Å². The highest BCUT2D eigenvalue weighted by atomic mass is 35.5. The Hall–Kier alpha value is -3.76. The van der Waals surface area contributed by atoms with Crippen molar-refractivity contribution in [3.8, 4) is 11.5 Å². The fourth-order valence-corrected chi connectivity index (χ4v) is 5.47. The van der Waals surface area contributed by atoms with E-state index in [4.69, 9.17) is 21.1 Å². The number of carbonyl (C=O) groups excluding carboxylic acids is 2. The second-order valence-corrected chi connectivity index (χ2v) is 10.9. The first-order valence-corrected chi connectivity index (χ1v) is 14.1. The van der Waals surface area contributed by atoms with Gasteiger partial charge in [-0.1, -0.05) is 41.9 Å². The number of rotatable bonds is 12. The molecule has 9 nitrogen and oxygen atoms in total. The first-order chi connectivity index (χ1) is 18.6. The third-order valence-corrected chi connectivity index (χ3v) is 8.07. The average molecular weight is 574 g/mol. The summed E-state index contributed by atoms with van der Waals surface area (Å²) in [5.74, 6) is -0.318. The number of methoxy groups -OCH3 is 2. The second kappa shape index (κ2) is 13.3. The molecular formula is C28H32ClN3O6S. The summed E-state index contributed by atoms with van der Waals surface area (Å²) in [6, 6.07) is 18.5. The number of para-hydroxylation sites is 1. The summed E-state index contributed by atoms with van der Waals surface area (Å²) in [7, 11) is -1.39. The zero-order valence-corrected chi connectivity index (χ0v) is 23.8. The van der Waals surface area contributed by atoms with E-state index in [2.05, 4.69) is 5.32 Å². The summed E-state index contributed by atoms with van der Waals surface area (Å²) in [5, 5.41) is 3.26. The minimum absolute atomic E-state index is 0.0767. The summed E-state index contributed by atoms with van der Waals surface area (Å²) in [4.78, 5) is 27.8. The van der Waals surface area contributed by atoms with Crippen molar-refractivity contribution in [1.82, 2.24) is 10.2 Å². The lowest BCUT2D eigenvalue weighted by atomic mass is 10.1. The van der Waals surface area contributed by atoms with Crippen LogP contribution in [0.4, 0.5) is 5.69 Å². The Balaban J connectivity index is 2.03. The molecule has 0 saturated carbocycles. The lowest BCUT2D eigenvalue weighted by molar-refractivity contribution is -0.139. The van der Waals surface area contributed by atoms with Gasteiger partial charge in [0.2, 0.25) is 11.8 Å². The van der Waals surface area contributed by atoms with Gasteiger partial charge >= 0.3 is 0 Å². The van der Waals surface area contributed by atoms with Crippen molar-refractivity contribution >= 4 is 39.1 Å². The zero-order valence-electron chi connectivity index (χ0n) is 22.3. The highest BCUT2D eigenvalue weighted by Crippen LogP contribution is 2.32. The molecule has 0 aliphatic rings. The van der Waals surface area contributed by atoms with Gasteiger partial charge in [0, 0.05) is 24.2 Å². The van der Waals surface area contributed by atoms with Crippen LogP contribution >= 0.6 is 11.6 Å². The molecule has 1 N–H and O–H groups in total. The van der Waals surface area contributed by atoms with Gasteiger partial charge in [-0.05, 0) is 55.8 Å². The lowest BCUT2D eigenvalue weighted by Crippen LogP contribution is -2.51. The second-order valence-electron chi connectivity index (χ2n) is 8.58. The fourth-order valence-electron chi connectivity index (χ4n) is 3.92. The van der Waals surface area contributed by atoms with Gasteiger partial charge in [-0.3, -0.25) is 13.9 Å². The largest absolute Gasteiger partial charge is 0.493 e. The summed E-state index contributed by atoms with van der Waals surface area (Å²) in [5.41, 5.74) is 1.02. The molecule has 3 rings (SSSR count). The summed E-state index contributed by atoms with van der Waals surface area (Å²) in [6.45, 7) is 3.30. The molecule has 0 spiro atoms. The standard InChI is InChI=1S/C28H32ClN3O6S/c1-5-30-28(34)20(2)31(18-21-11-13-22(29)14-12-21)27(33)19-32(23-9-7-6-8-10-23)39(35,36)24-15-16-25(37-3)26(17-24)38-4/h6-17,20H,5,18-19H2,1-4H3,(H,30,34). The van der Waals surface area contributed by atoms with Gasteiger partial charge < -0.3 is 19.7 Å². The molecule has 3 aromatic carbocycles. The Morgan fingerprint density at radius 3 is 2.18 bits per heavy atom.